The van der Waals surface area contributed by atoms with Crippen molar-refractivity contribution in [3.8, 4) is 0 Å². The number of alkyl halides is 3. The summed E-state index contributed by atoms with van der Waals surface area (Å²) in [5.41, 5.74) is -0.587. The number of halogens is 3. The fourth-order valence-corrected chi connectivity index (χ4v) is 3.92. The highest BCUT2D eigenvalue weighted by atomic mass is 19.4. The summed E-state index contributed by atoms with van der Waals surface area (Å²) in [5.74, 6) is 0. The second-order valence-electron chi connectivity index (χ2n) is 6.51. The van der Waals surface area contributed by atoms with Crippen LogP contribution >= 0.6 is 0 Å². The number of rotatable bonds is 0. The Morgan fingerprint density at radius 1 is 0.423 bits per heavy atom. The van der Waals surface area contributed by atoms with Gasteiger partial charge >= 0.3 is 6.18 Å². The molecule has 0 spiro atoms. The predicted molar refractivity (Wildman–Crippen MR) is 101 cm³/mol. The highest BCUT2D eigenvalue weighted by Gasteiger charge is 2.32. The molecule has 0 saturated carbocycles. The Hall–Kier alpha value is -3.07. The molecule has 5 aromatic rings. The number of fused-ring (bicyclic) bond motifs is 7. The van der Waals surface area contributed by atoms with Gasteiger partial charge in [0.1, 0.15) is 0 Å². The lowest BCUT2D eigenvalue weighted by Gasteiger charge is -2.13. The van der Waals surface area contributed by atoms with Gasteiger partial charge in [0.25, 0.3) is 0 Å². The maximum Gasteiger partial charge on any atom is 0.417 e. The second-order valence-corrected chi connectivity index (χ2v) is 6.51. The predicted octanol–water partition coefficient (Wildman–Crippen LogP) is 7.32. The maximum atomic E-state index is 13.3. The molecule has 0 radical (unpaired) electrons. The molecule has 0 nitrogen and oxygen atoms in total. The molecule has 5 aromatic carbocycles. The van der Waals surface area contributed by atoms with Gasteiger partial charge in [-0.1, -0.05) is 72.8 Å². The van der Waals surface area contributed by atoms with Crippen molar-refractivity contribution in [2.24, 2.45) is 0 Å². The molecule has 126 valence electrons. The van der Waals surface area contributed by atoms with Crippen molar-refractivity contribution in [1.82, 2.24) is 0 Å². The fraction of sp³-hybridized carbons (Fsp3) is 0.0435. The topological polar surface area (TPSA) is 0 Å². The molecular formula is C23H13F3. The first kappa shape index (κ1) is 15.2. The zero-order chi connectivity index (χ0) is 17.9. The summed E-state index contributed by atoms with van der Waals surface area (Å²) < 4.78 is 40.0. The minimum Gasteiger partial charge on any atom is -0.166 e. The maximum absolute atomic E-state index is 13.3. The van der Waals surface area contributed by atoms with Crippen LogP contribution in [0.15, 0.2) is 78.9 Å². The number of hydrogen-bond acceptors (Lipinski definition) is 0. The summed E-state index contributed by atoms with van der Waals surface area (Å²) >= 11 is 0. The van der Waals surface area contributed by atoms with E-state index in [1.807, 2.05) is 30.3 Å². The van der Waals surface area contributed by atoms with Gasteiger partial charge in [-0.05, 0) is 49.2 Å². The van der Waals surface area contributed by atoms with Gasteiger partial charge in [-0.3, -0.25) is 0 Å². The molecule has 0 aliphatic heterocycles. The lowest BCUT2D eigenvalue weighted by Crippen LogP contribution is -2.05. The van der Waals surface area contributed by atoms with Crippen LogP contribution in [0.2, 0.25) is 0 Å². The van der Waals surface area contributed by atoms with Crippen LogP contribution in [0.1, 0.15) is 5.56 Å². The van der Waals surface area contributed by atoms with E-state index in [9.17, 15) is 13.2 Å². The van der Waals surface area contributed by atoms with Crippen LogP contribution in [0.25, 0.3) is 43.1 Å². The van der Waals surface area contributed by atoms with Gasteiger partial charge in [-0.2, -0.15) is 13.2 Å². The molecule has 0 bridgehead atoms. The smallest absolute Gasteiger partial charge is 0.166 e. The minimum absolute atomic E-state index is 0.243. The summed E-state index contributed by atoms with van der Waals surface area (Å²) in [6, 6.07) is 24.0. The van der Waals surface area contributed by atoms with Crippen molar-refractivity contribution in [1.29, 1.82) is 0 Å². The monoisotopic (exact) mass is 346 g/mol. The van der Waals surface area contributed by atoms with Crippen LogP contribution in [0, 0.1) is 0 Å². The molecule has 5 rings (SSSR count). The Bertz CT molecular complexity index is 1310. The van der Waals surface area contributed by atoms with E-state index >= 15 is 0 Å². The Balaban J connectivity index is 1.94. The Labute approximate surface area is 147 Å². The summed E-state index contributed by atoms with van der Waals surface area (Å²) in [6.45, 7) is 0. The van der Waals surface area contributed by atoms with Gasteiger partial charge < -0.3 is 0 Å². The van der Waals surface area contributed by atoms with Crippen molar-refractivity contribution in [2.75, 3.05) is 0 Å². The molecule has 3 heteroatoms. The van der Waals surface area contributed by atoms with E-state index in [2.05, 4.69) is 24.3 Å². The summed E-state index contributed by atoms with van der Waals surface area (Å²) in [4.78, 5) is 0. The number of benzene rings is 5. The Morgan fingerprint density at radius 3 is 1.62 bits per heavy atom. The first-order valence-electron chi connectivity index (χ1n) is 8.37. The van der Waals surface area contributed by atoms with Crippen molar-refractivity contribution in [2.45, 2.75) is 6.18 Å². The molecule has 0 fully saturated rings. The summed E-state index contributed by atoms with van der Waals surface area (Å²) in [6.07, 6.45) is -4.36. The minimum atomic E-state index is -4.36. The Kier molecular flexibility index (Phi) is 3.05. The zero-order valence-corrected chi connectivity index (χ0v) is 13.6. The second kappa shape index (κ2) is 5.21. The van der Waals surface area contributed by atoms with Gasteiger partial charge in [-0.25, -0.2) is 0 Å². The van der Waals surface area contributed by atoms with Gasteiger partial charge in [-0.15, -0.1) is 0 Å². The van der Waals surface area contributed by atoms with Gasteiger partial charge in [0.2, 0.25) is 0 Å². The van der Waals surface area contributed by atoms with Gasteiger partial charge in [0, 0.05) is 0 Å². The molecule has 0 heterocycles. The fourth-order valence-electron chi connectivity index (χ4n) is 3.92. The van der Waals surface area contributed by atoms with E-state index in [4.69, 9.17) is 0 Å². The molecular weight excluding hydrogens is 333 g/mol. The third kappa shape index (κ3) is 2.10. The molecule has 0 aromatic heterocycles. The van der Waals surface area contributed by atoms with E-state index in [1.165, 1.54) is 6.07 Å². The van der Waals surface area contributed by atoms with E-state index in [0.29, 0.717) is 5.39 Å². The van der Waals surface area contributed by atoms with Gasteiger partial charge in [0.15, 0.2) is 0 Å². The zero-order valence-electron chi connectivity index (χ0n) is 13.6. The quantitative estimate of drug-likeness (QED) is 0.258. The first-order chi connectivity index (χ1) is 12.5. The van der Waals surface area contributed by atoms with Crippen molar-refractivity contribution in [3.05, 3.63) is 84.4 Å². The Morgan fingerprint density at radius 2 is 0.923 bits per heavy atom. The molecule has 0 atom stereocenters. The molecule has 0 N–H and O–H groups in total. The molecule has 0 saturated heterocycles. The average Bonchev–Trinajstić information content (AvgIpc) is 2.65. The third-order valence-corrected chi connectivity index (χ3v) is 5.09. The van der Waals surface area contributed by atoms with Crippen LogP contribution in [0.3, 0.4) is 0 Å². The molecule has 0 unspecified atom stereocenters. The normalized spacial score (nSPS) is 12.4. The van der Waals surface area contributed by atoms with E-state index in [0.717, 1.165) is 38.4 Å². The molecule has 0 aliphatic rings. The van der Waals surface area contributed by atoms with E-state index in [1.54, 1.807) is 12.1 Å². The van der Waals surface area contributed by atoms with Crippen LogP contribution < -0.4 is 0 Å². The standard InChI is InChI=1S/C23H13F3/c24-23(25,26)22-7-3-6-16-19-11-10-17-15-5-2-1-4-14(15)8-9-18(17)20(19)12-13-21(16)22/h1-13H. The molecule has 26 heavy (non-hydrogen) atoms. The number of hydrogen-bond donors (Lipinski definition) is 0. The van der Waals surface area contributed by atoms with Crippen molar-refractivity contribution in [3.63, 3.8) is 0 Å². The molecule has 0 amide bonds. The molecule has 0 aliphatic carbocycles. The summed E-state index contributed by atoms with van der Waals surface area (Å²) in [5, 5.41) is 7.16. The van der Waals surface area contributed by atoms with Crippen LogP contribution in [-0.2, 0) is 6.18 Å². The summed E-state index contributed by atoms with van der Waals surface area (Å²) in [7, 11) is 0. The highest BCUT2D eigenvalue weighted by Crippen LogP contribution is 2.39. The highest BCUT2D eigenvalue weighted by molar-refractivity contribution is 6.22. The van der Waals surface area contributed by atoms with E-state index < -0.39 is 11.7 Å². The SMILES string of the molecule is FC(F)(F)c1cccc2c1ccc1c2ccc2c3ccccc3ccc21. The van der Waals surface area contributed by atoms with Gasteiger partial charge in [0.05, 0.1) is 5.56 Å². The van der Waals surface area contributed by atoms with Crippen LogP contribution in [0.4, 0.5) is 13.2 Å². The third-order valence-electron chi connectivity index (χ3n) is 5.09. The van der Waals surface area contributed by atoms with Crippen LogP contribution in [-0.4, -0.2) is 0 Å². The van der Waals surface area contributed by atoms with Crippen LogP contribution in [0.5, 0.6) is 0 Å². The van der Waals surface area contributed by atoms with Crippen molar-refractivity contribution >= 4 is 43.1 Å². The van der Waals surface area contributed by atoms with Crippen molar-refractivity contribution < 1.29 is 13.2 Å². The first-order valence-corrected chi connectivity index (χ1v) is 8.37. The average molecular weight is 346 g/mol. The largest absolute Gasteiger partial charge is 0.417 e. The lowest BCUT2D eigenvalue weighted by atomic mass is 9.93. The van der Waals surface area contributed by atoms with E-state index in [-0.39, 0.29) is 5.39 Å². The lowest BCUT2D eigenvalue weighted by molar-refractivity contribution is -0.136.